The first-order valence-corrected chi connectivity index (χ1v) is 8.94. The predicted molar refractivity (Wildman–Crippen MR) is 98.6 cm³/mol. The fourth-order valence-electron chi connectivity index (χ4n) is 3.29. The minimum atomic E-state index is -0.895. The highest BCUT2D eigenvalue weighted by Gasteiger charge is 2.19. The first-order chi connectivity index (χ1) is 13.6. The van der Waals surface area contributed by atoms with Crippen LogP contribution >= 0.6 is 0 Å². The minimum Gasteiger partial charge on any atom is -0.493 e. The summed E-state index contributed by atoms with van der Waals surface area (Å²) >= 11 is 0. The maximum Gasteiger partial charge on any atom is 0.200 e. The number of rotatable bonds is 4. The van der Waals surface area contributed by atoms with Crippen LogP contribution in [0.3, 0.4) is 0 Å². The Kier molecular flexibility index (Phi) is 5.00. The molecule has 1 fully saturated rings. The van der Waals surface area contributed by atoms with Crippen molar-refractivity contribution in [2.75, 3.05) is 13.7 Å². The van der Waals surface area contributed by atoms with Crippen LogP contribution in [0.1, 0.15) is 19.3 Å². The SMILES string of the molecule is COc1c(F)cc(F)cc1-c1coc2cc(OC3CCCCO3)ccc2c1=O. The molecule has 2 aromatic carbocycles. The van der Waals surface area contributed by atoms with Gasteiger partial charge in [-0.25, -0.2) is 8.78 Å². The molecule has 0 spiro atoms. The third-order valence-electron chi connectivity index (χ3n) is 4.65. The summed E-state index contributed by atoms with van der Waals surface area (Å²) in [5.74, 6) is -1.41. The van der Waals surface area contributed by atoms with Crippen LogP contribution in [-0.2, 0) is 4.74 Å². The van der Waals surface area contributed by atoms with Crippen LogP contribution in [0.2, 0.25) is 0 Å². The van der Waals surface area contributed by atoms with E-state index in [0.29, 0.717) is 24.0 Å². The van der Waals surface area contributed by atoms with E-state index in [0.717, 1.165) is 25.3 Å². The van der Waals surface area contributed by atoms with E-state index in [2.05, 4.69) is 0 Å². The van der Waals surface area contributed by atoms with Crippen molar-refractivity contribution < 1.29 is 27.4 Å². The minimum absolute atomic E-state index is 0.00651. The Morgan fingerprint density at radius 2 is 1.96 bits per heavy atom. The second-order valence-corrected chi connectivity index (χ2v) is 6.52. The molecule has 0 aliphatic carbocycles. The van der Waals surface area contributed by atoms with Gasteiger partial charge in [0.05, 0.1) is 24.7 Å². The molecule has 1 atom stereocenters. The zero-order valence-corrected chi connectivity index (χ0v) is 15.2. The molecule has 1 aromatic heterocycles. The number of methoxy groups -OCH3 is 1. The van der Waals surface area contributed by atoms with Crippen molar-refractivity contribution in [1.29, 1.82) is 0 Å². The zero-order chi connectivity index (χ0) is 19.7. The molecular weight excluding hydrogens is 370 g/mol. The molecule has 4 rings (SSSR count). The van der Waals surface area contributed by atoms with Crippen LogP contribution in [0.5, 0.6) is 11.5 Å². The van der Waals surface area contributed by atoms with E-state index >= 15 is 0 Å². The normalized spacial score (nSPS) is 16.9. The van der Waals surface area contributed by atoms with E-state index in [-0.39, 0.29) is 28.6 Å². The van der Waals surface area contributed by atoms with Crippen molar-refractivity contribution in [1.82, 2.24) is 0 Å². The molecule has 0 bridgehead atoms. The first kappa shape index (κ1) is 18.4. The van der Waals surface area contributed by atoms with Gasteiger partial charge < -0.3 is 18.6 Å². The van der Waals surface area contributed by atoms with Crippen LogP contribution in [0.15, 0.2) is 45.8 Å². The lowest BCUT2D eigenvalue weighted by Crippen LogP contribution is -2.24. The van der Waals surface area contributed by atoms with E-state index in [1.165, 1.54) is 13.4 Å². The van der Waals surface area contributed by atoms with Gasteiger partial charge in [-0.15, -0.1) is 0 Å². The maximum atomic E-state index is 14.0. The van der Waals surface area contributed by atoms with Crippen LogP contribution in [0, 0.1) is 11.6 Å². The number of halogens is 2. The van der Waals surface area contributed by atoms with Gasteiger partial charge in [0.1, 0.15) is 23.4 Å². The highest BCUT2D eigenvalue weighted by Crippen LogP contribution is 2.33. The predicted octanol–water partition coefficient (Wildman–Crippen LogP) is 4.65. The van der Waals surface area contributed by atoms with E-state index in [9.17, 15) is 13.6 Å². The highest BCUT2D eigenvalue weighted by atomic mass is 19.1. The highest BCUT2D eigenvalue weighted by molar-refractivity contribution is 5.84. The standard InChI is InChI=1S/C21H18F2O5/c1-25-21-15(8-12(22)9-17(21)23)16-11-27-18-10-13(5-6-14(18)20(16)24)28-19-4-2-3-7-26-19/h5-6,8-11,19H,2-4,7H2,1H3. The molecule has 28 heavy (non-hydrogen) atoms. The van der Waals surface area contributed by atoms with Gasteiger partial charge in [0.25, 0.3) is 0 Å². The van der Waals surface area contributed by atoms with Gasteiger partial charge in [-0.05, 0) is 31.0 Å². The molecule has 0 saturated carbocycles. The van der Waals surface area contributed by atoms with Crippen LogP contribution in [0.4, 0.5) is 8.78 Å². The first-order valence-electron chi connectivity index (χ1n) is 8.94. The Bertz CT molecular complexity index is 1070. The summed E-state index contributed by atoms with van der Waals surface area (Å²) in [4.78, 5) is 12.9. The lowest BCUT2D eigenvalue weighted by molar-refractivity contribution is -0.105. The summed E-state index contributed by atoms with van der Waals surface area (Å²) < 4.78 is 49.6. The molecule has 5 nitrogen and oxygen atoms in total. The Labute approximate surface area is 159 Å². The molecular formula is C21H18F2O5. The Morgan fingerprint density at radius 3 is 2.71 bits per heavy atom. The Balaban J connectivity index is 1.74. The molecule has 3 aromatic rings. The fourth-order valence-corrected chi connectivity index (χ4v) is 3.29. The lowest BCUT2D eigenvalue weighted by Gasteiger charge is -2.23. The molecule has 1 unspecified atom stereocenters. The monoisotopic (exact) mass is 388 g/mol. The molecule has 1 aliphatic rings. The fraction of sp³-hybridized carbons (Fsp3) is 0.286. The van der Waals surface area contributed by atoms with Gasteiger partial charge in [0.15, 0.2) is 17.9 Å². The molecule has 2 heterocycles. The van der Waals surface area contributed by atoms with E-state index in [1.54, 1.807) is 18.2 Å². The number of hydrogen-bond donors (Lipinski definition) is 0. The summed E-state index contributed by atoms with van der Waals surface area (Å²) in [6, 6.07) is 6.54. The molecule has 0 amide bonds. The van der Waals surface area contributed by atoms with Gasteiger partial charge in [0.2, 0.25) is 5.43 Å². The lowest BCUT2D eigenvalue weighted by atomic mass is 10.0. The van der Waals surface area contributed by atoms with E-state index < -0.39 is 17.1 Å². The number of hydrogen-bond acceptors (Lipinski definition) is 5. The van der Waals surface area contributed by atoms with Crippen molar-refractivity contribution in [3.8, 4) is 22.6 Å². The third-order valence-corrected chi connectivity index (χ3v) is 4.65. The second-order valence-electron chi connectivity index (χ2n) is 6.52. The van der Waals surface area contributed by atoms with Crippen molar-refractivity contribution in [3.63, 3.8) is 0 Å². The van der Waals surface area contributed by atoms with E-state index in [1.807, 2.05) is 0 Å². The van der Waals surface area contributed by atoms with Crippen molar-refractivity contribution in [2.24, 2.45) is 0 Å². The second kappa shape index (κ2) is 7.59. The summed E-state index contributed by atoms with van der Waals surface area (Å²) in [6.45, 7) is 0.655. The molecule has 0 radical (unpaired) electrons. The third kappa shape index (κ3) is 3.45. The average Bonchev–Trinajstić information content (AvgIpc) is 2.68. The zero-order valence-electron chi connectivity index (χ0n) is 15.2. The Morgan fingerprint density at radius 1 is 1.11 bits per heavy atom. The van der Waals surface area contributed by atoms with Crippen molar-refractivity contribution >= 4 is 11.0 Å². The summed E-state index contributed by atoms with van der Waals surface area (Å²) in [5.41, 5.74) is -0.124. The molecule has 146 valence electrons. The smallest absolute Gasteiger partial charge is 0.200 e. The quantitative estimate of drug-likeness (QED) is 0.651. The average molecular weight is 388 g/mol. The topological polar surface area (TPSA) is 57.9 Å². The van der Waals surface area contributed by atoms with Crippen LogP contribution < -0.4 is 14.9 Å². The molecule has 1 aliphatic heterocycles. The van der Waals surface area contributed by atoms with Crippen LogP contribution in [0.25, 0.3) is 22.1 Å². The van der Waals surface area contributed by atoms with Gasteiger partial charge >= 0.3 is 0 Å². The summed E-state index contributed by atoms with van der Waals surface area (Å²) in [6.07, 6.45) is 3.69. The number of ether oxygens (including phenoxy) is 3. The van der Waals surface area contributed by atoms with Crippen molar-refractivity contribution in [2.45, 2.75) is 25.6 Å². The van der Waals surface area contributed by atoms with Crippen molar-refractivity contribution in [3.05, 3.63) is 58.5 Å². The van der Waals surface area contributed by atoms with Gasteiger partial charge in [-0.1, -0.05) is 0 Å². The summed E-state index contributed by atoms with van der Waals surface area (Å²) in [7, 11) is 1.25. The number of fused-ring (bicyclic) bond motifs is 1. The van der Waals surface area contributed by atoms with Gasteiger partial charge in [0, 0.05) is 24.1 Å². The molecule has 1 saturated heterocycles. The van der Waals surface area contributed by atoms with Gasteiger partial charge in [-0.2, -0.15) is 0 Å². The maximum absolute atomic E-state index is 14.0. The number of benzene rings is 2. The molecule has 0 N–H and O–H groups in total. The van der Waals surface area contributed by atoms with Crippen LogP contribution in [-0.4, -0.2) is 20.0 Å². The van der Waals surface area contributed by atoms with Gasteiger partial charge in [-0.3, -0.25) is 4.79 Å². The molecule has 7 heteroatoms. The summed E-state index contributed by atoms with van der Waals surface area (Å²) in [5, 5.41) is 0.265. The largest absolute Gasteiger partial charge is 0.493 e. The van der Waals surface area contributed by atoms with E-state index in [4.69, 9.17) is 18.6 Å². The Hall–Kier alpha value is -2.93.